The minimum absolute atomic E-state index is 0.0370. The molecule has 1 atom stereocenters. The minimum atomic E-state index is -1.15. The van der Waals surface area contributed by atoms with Crippen LogP contribution in [0.2, 0.25) is 0 Å². The van der Waals surface area contributed by atoms with E-state index in [0.29, 0.717) is 6.42 Å². The lowest BCUT2D eigenvalue weighted by Crippen LogP contribution is -2.50. The van der Waals surface area contributed by atoms with Crippen LogP contribution in [0.5, 0.6) is 0 Å². The third-order valence-corrected chi connectivity index (χ3v) is 6.09. The van der Waals surface area contributed by atoms with Crippen molar-refractivity contribution in [3.05, 3.63) is 45.9 Å². The number of alkyl carbamates (subject to hydrolysis) is 1. The number of amides is 2. The van der Waals surface area contributed by atoms with E-state index >= 15 is 0 Å². The number of hydrogen-bond acceptors (Lipinski definition) is 11. The summed E-state index contributed by atoms with van der Waals surface area (Å²) in [6.07, 6.45) is 1.70. The normalized spacial score (nSPS) is 13.6. The summed E-state index contributed by atoms with van der Waals surface area (Å²) in [5, 5.41) is 20.5. The Bertz CT molecular complexity index is 1100. The summed E-state index contributed by atoms with van der Waals surface area (Å²) in [7, 11) is 0. The van der Waals surface area contributed by atoms with Crippen LogP contribution in [0, 0.1) is 0 Å². The standard InChI is InChI=1S/C25H35N7O5S/c1-25(2,3)37-22(34)18(30-24(35)36-16-17-9-5-4-6-10-17)15-29-20(33)21-32-31-19(38-21)11-7-8-12-26-23-27-13-14-28-23/h4-6,9-10,18H,7-8,11-16H2,1-3H3,(H,29,33)(H,30,35)(H2,26,27,28)/t18-/m0/s1. The molecule has 0 radical (unpaired) electrons. The van der Waals surface area contributed by atoms with Crippen LogP contribution in [0.15, 0.2) is 35.3 Å². The Morgan fingerprint density at radius 2 is 1.92 bits per heavy atom. The minimum Gasteiger partial charge on any atom is -0.458 e. The zero-order valence-electron chi connectivity index (χ0n) is 21.9. The largest absolute Gasteiger partial charge is 0.458 e. The van der Waals surface area contributed by atoms with Crippen molar-refractivity contribution in [2.45, 2.75) is 58.3 Å². The van der Waals surface area contributed by atoms with Gasteiger partial charge in [-0.1, -0.05) is 41.7 Å². The van der Waals surface area contributed by atoms with Crippen LogP contribution < -0.4 is 21.3 Å². The van der Waals surface area contributed by atoms with E-state index < -0.39 is 29.6 Å². The first kappa shape index (κ1) is 28.8. The van der Waals surface area contributed by atoms with Gasteiger partial charge in [0.15, 0.2) is 5.96 Å². The van der Waals surface area contributed by atoms with Gasteiger partial charge in [0, 0.05) is 26.1 Å². The van der Waals surface area contributed by atoms with Gasteiger partial charge in [0.25, 0.3) is 5.91 Å². The molecule has 206 valence electrons. The molecule has 0 saturated heterocycles. The lowest BCUT2D eigenvalue weighted by atomic mass is 10.2. The Balaban J connectivity index is 1.46. The number of carbonyl (C=O) groups excluding carboxylic acids is 3. The molecular formula is C25H35N7O5S. The van der Waals surface area contributed by atoms with Gasteiger partial charge in [0.1, 0.15) is 23.3 Å². The second-order valence-electron chi connectivity index (χ2n) is 9.54. The number of benzene rings is 1. The molecule has 1 aliphatic rings. The van der Waals surface area contributed by atoms with Gasteiger partial charge < -0.3 is 30.7 Å². The van der Waals surface area contributed by atoms with E-state index in [9.17, 15) is 14.4 Å². The first-order valence-corrected chi connectivity index (χ1v) is 13.3. The van der Waals surface area contributed by atoms with Crippen LogP contribution in [-0.2, 0) is 27.3 Å². The molecule has 12 nitrogen and oxygen atoms in total. The Morgan fingerprint density at radius 3 is 2.63 bits per heavy atom. The van der Waals surface area contributed by atoms with E-state index in [1.807, 2.05) is 30.3 Å². The van der Waals surface area contributed by atoms with Gasteiger partial charge in [-0.2, -0.15) is 0 Å². The lowest BCUT2D eigenvalue weighted by molar-refractivity contribution is -0.157. The predicted octanol–water partition coefficient (Wildman–Crippen LogP) is 1.78. The molecule has 1 aliphatic heterocycles. The Hall–Kier alpha value is -3.74. The third kappa shape index (κ3) is 10.3. The van der Waals surface area contributed by atoms with Crippen molar-refractivity contribution in [1.29, 1.82) is 0 Å². The van der Waals surface area contributed by atoms with Gasteiger partial charge in [0.05, 0.1) is 6.54 Å². The maximum Gasteiger partial charge on any atom is 0.408 e. The molecule has 0 bridgehead atoms. The van der Waals surface area contributed by atoms with Crippen LogP contribution in [-0.4, -0.2) is 71.9 Å². The van der Waals surface area contributed by atoms with Gasteiger partial charge in [-0.25, -0.2) is 9.59 Å². The van der Waals surface area contributed by atoms with Gasteiger partial charge in [-0.05, 0) is 39.2 Å². The highest BCUT2D eigenvalue weighted by molar-refractivity contribution is 7.13. The summed E-state index contributed by atoms with van der Waals surface area (Å²) in [6, 6.07) is 7.99. The number of esters is 1. The number of nitrogens with zero attached hydrogens (tertiary/aromatic N) is 3. The molecule has 38 heavy (non-hydrogen) atoms. The van der Waals surface area contributed by atoms with Crippen LogP contribution in [0.1, 0.15) is 54.0 Å². The summed E-state index contributed by atoms with van der Waals surface area (Å²) >= 11 is 1.20. The first-order chi connectivity index (χ1) is 18.2. The van der Waals surface area contributed by atoms with Crippen LogP contribution in [0.25, 0.3) is 0 Å². The molecule has 3 rings (SSSR count). The first-order valence-electron chi connectivity index (χ1n) is 12.5. The molecular weight excluding hydrogens is 510 g/mol. The quantitative estimate of drug-likeness (QED) is 0.231. The highest BCUT2D eigenvalue weighted by Gasteiger charge is 2.28. The fourth-order valence-corrected chi connectivity index (χ4v) is 4.11. The zero-order valence-corrected chi connectivity index (χ0v) is 22.7. The average Bonchev–Trinajstić information content (AvgIpc) is 3.57. The Labute approximate surface area is 226 Å². The average molecular weight is 546 g/mol. The topological polar surface area (TPSA) is 156 Å². The maximum absolute atomic E-state index is 12.7. The van der Waals surface area contributed by atoms with Crippen LogP contribution in [0.3, 0.4) is 0 Å². The molecule has 13 heteroatoms. The molecule has 0 spiro atoms. The van der Waals surface area contributed by atoms with Crippen molar-refractivity contribution in [3.63, 3.8) is 0 Å². The fraction of sp³-hybridized carbons (Fsp3) is 0.520. The summed E-state index contributed by atoms with van der Waals surface area (Å²) < 4.78 is 10.6. The second kappa shape index (κ2) is 14.3. The highest BCUT2D eigenvalue weighted by Crippen LogP contribution is 2.13. The summed E-state index contributed by atoms with van der Waals surface area (Å²) in [6.45, 7) is 7.44. The van der Waals surface area contributed by atoms with E-state index in [2.05, 4.69) is 36.5 Å². The van der Waals surface area contributed by atoms with Gasteiger partial charge in [-0.3, -0.25) is 9.79 Å². The number of guanidine groups is 1. The van der Waals surface area contributed by atoms with E-state index in [0.717, 1.165) is 49.0 Å². The second-order valence-corrected chi connectivity index (χ2v) is 10.6. The van der Waals surface area contributed by atoms with Crippen molar-refractivity contribution < 1.29 is 23.9 Å². The molecule has 2 heterocycles. The highest BCUT2D eigenvalue weighted by atomic mass is 32.1. The van der Waals surface area contributed by atoms with Gasteiger partial charge >= 0.3 is 12.1 Å². The molecule has 0 aliphatic carbocycles. The smallest absolute Gasteiger partial charge is 0.408 e. The summed E-state index contributed by atoms with van der Waals surface area (Å²) in [5.74, 6) is -0.350. The molecule has 0 saturated carbocycles. The Kier molecular flexibility index (Phi) is 10.8. The van der Waals surface area contributed by atoms with Crippen LogP contribution >= 0.6 is 11.3 Å². The number of rotatable bonds is 12. The fourth-order valence-electron chi connectivity index (χ4n) is 3.31. The van der Waals surface area contributed by atoms with Crippen molar-refractivity contribution >= 4 is 35.3 Å². The molecule has 2 aromatic rings. The molecule has 1 aromatic heterocycles. The maximum atomic E-state index is 12.7. The number of aliphatic imine (C=N–C) groups is 1. The molecule has 4 N–H and O–H groups in total. The molecule has 0 fully saturated rings. The van der Waals surface area contributed by atoms with Crippen molar-refractivity contribution in [1.82, 2.24) is 31.5 Å². The molecule has 0 unspecified atom stereocenters. The number of unbranched alkanes of at least 4 members (excludes halogenated alkanes) is 1. The van der Waals surface area contributed by atoms with Crippen molar-refractivity contribution in [2.75, 3.05) is 26.2 Å². The third-order valence-electron chi connectivity index (χ3n) is 5.11. The van der Waals surface area contributed by atoms with E-state index in [4.69, 9.17) is 9.47 Å². The zero-order chi connectivity index (χ0) is 27.4. The lowest BCUT2D eigenvalue weighted by Gasteiger charge is -2.24. The monoisotopic (exact) mass is 545 g/mol. The van der Waals surface area contributed by atoms with E-state index in [-0.39, 0.29) is 18.2 Å². The predicted molar refractivity (Wildman–Crippen MR) is 143 cm³/mol. The Morgan fingerprint density at radius 1 is 1.13 bits per heavy atom. The number of ether oxygens (including phenoxy) is 2. The van der Waals surface area contributed by atoms with E-state index in [1.54, 1.807) is 20.8 Å². The molecule has 2 amide bonds. The number of aryl methyl sites for hydroxylation is 1. The SMILES string of the molecule is CC(C)(C)OC(=O)[C@H](CNC(=O)c1nnc(CCCCNC2=NCCN2)s1)NC(=O)OCc1ccccc1. The molecule has 1 aromatic carbocycles. The summed E-state index contributed by atoms with van der Waals surface area (Å²) in [5.41, 5.74) is 0.0213. The number of nitrogens with one attached hydrogen (secondary N) is 4. The van der Waals surface area contributed by atoms with Crippen molar-refractivity contribution in [3.8, 4) is 0 Å². The van der Waals surface area contributed by atoms with Crippen molar-refractivity contribution in [2.24, 2.45) is 4.99 Å². The number of aromatic nitrogens is 2. The van der Waals surface area contributed by atoms with Gasteiger partial charge in [-0.15, -0.1) is 10.2 Å². The number of carbonyl (C=O) groups is 3. The van der Waals surface area contributed by atoms with Crippen LogP contribution in [0.4, 0.5) is 4.79 Å². The van der Waals surface area contributed by atoms with Gasteiger partial charge in [0.2, 0.25) is 5.01 Å². The summed E-state index contributed by atoms with van der Waals surface area (Å²) in [4.78, 5) is 42.0. The van der Waals surface area contributed by atoms with E-state index in [1.165, 1.54) is 11.3 Å². The number of hydrogen-bond donors (Lipinski definition) is 4.